The predicted octanol–water partition coefficient (Wildman–Crippen LogP) is 3.28. The van der Waals surface area contributed by atoms with Gasteiger partial charge in [0.1, 0.15) is 11.6 Å². The van der Waals surface area contributed by atoms with E-state index in [9.17, 15) is 13.6 Å². The molecule has 1 heterocycles. The molecule has 0 bridgehead atoms. The van der Waals surface area contributed by atoms with Crippen molar-refractivity contribution in [3.8, 4) is 0 Å². The summed E-state index contributed by atoms with van der Waals surface area (Å²) in [4.78, 5) is 13.7. The minimum atomic E-state index is -0.548. The van der Waals surface area contributed by atoms with Gasteiger partial charge >= 0.3 is 0 Å². The Balaban J connectivity index is 2.08. The third-order valence-electron chi connectivity index (χ3n) is 3.14. The SMILES string of the molecule is O=C(Cc1cc(F)c(Br)cc1F)N1CCCCC1. The van der Waals surface area contributed by atoms with Crippen LogP contribution in [0, 0.1) is 11.6 Å². The monoisotopic (exact) mass is 317 g/mol. The molecule has 0 unspecified atom stereocenters. The average molecular weight is 318 g/mol. The van der Waals surface area contributed by atoms with Gasteiger partial charge in [-0.15, -0.1) is 0 Å². The lowest BCUT2D eigenvalue weighted by Gasteiger charge is -2.26. The van der Waals surface area contributed by atoms with Gasteiger partial charge in [0, 0.05) is 18.7 Å². The molecule has 2 rings (SSSR count). The zero-order valence-corrected chi connectivity index (χ0v) is 11.5. The van der Waals surface area contributed by atoms with Crippen LogP contribution in [0.3, 0.4) is 0 Å². The van der Waals surface area contributed by atoms with Crippen molar-refractivity contribution in [2.24, 2.45) is 0 Å². The Morgan fingerprint density at radius 3 is 2.50 bits per heavy atom. The van der Waals surface area contributed by atoms with E-state index in [4.69, 9.17) is 0 Å². The molecule has 0 radical (unpaired) electrons. The number of benzene rings is 1. The molecule has 0 atom stereocenters. The molecule has 98 valence electrons. The largest absolute Gasteiger partial charge is 0.342 e. The van der Waals surface area contributed by atoms with Crippen LogP contribution in [0.4, 0.5) is 8.78 Å². The van der Waals surface area contributed by atoms with Crippen LogP contribution in [-0.4, -0.2) is 23.9 Å². The minimum Gasteiger partial charge on any atom is -0.342 e. The first-order chi connectivity index (χ1) is 8.58. The number of carbonyl (C=O) groups excluding carboxylic acids is 1. The molecule has 0 aliphatic carbocycles. The highest BCUT2D eigenvalue weighted by atomic mass is 79.9. The Bertz CT molecular complexity index is 459. The van der Waals surface area contributed by atoms with Crippen molar-refractivity contribution in [2.45, 2.75) is 25.7 Å². The zero-order valence-electron chi connectivity index (χ0n) is 9.89. The maximum atomic E-state index is 13.6. The second-order valence-electron chi connectivity index (χ2n) is 4.48. The Labute approximate surface area is 113 Å². The zero-order chi connectivity index (χ0) is 13.1. The molecule has 0 saturated carbocycles. The number of likely N-dealkylation sites (tertiary alicyclic amines) is 1. The molecular weight excluding hydrogens is 304 g/mol. The summed E-state index contributed by atoms with van der Waals surface area (Å²) >= 11 is 2.91. The van der Waals surface area contributed by atoms with E-state index in [2.05, 4.69) is 15.9 Å². The van der Waals surface area contributed by atoms with Crippen LogP contribution >= 0.6 is 15.9 Å². The van der Waals surface area contributed by atoms with Crippen LogP contribution in [0.1, 0.15) is 24.8 Å². The van der Waals surface area contributed by atoms with E-state index < -0.39 is 11.6 Å². The minimum absolute atomic E-state index is 0.0734. The molecule has 1 aliphatic rings. The van der Waals surface area contributed by atoms with Gasteiger partial charge in [0.15, 0.2) is 0 Å². The summed E-state index contributed by atoms with van der Waals surface area (Å²) in [5.41, 5.74) is 0.117. The number of hydrogen-bond acceptors (Lipinski definition) is 1. The molecule has 0 N–H and O–H groups in total. The fourth-order valence-corrected chi connectivity index (χ4v) is 2.43. The van der Waals surface area contributed by atoms with Gasteiger partial charge in [-0.05, 0) is 47.3 Å². The maximum Gasteiger partial charge on any atom is 0.227 e. The van der Waals surface area contributed by atoms with Gasteiger partial charge in [-0.1, -0.05) is 0 Å². The van der Waals surface area contributed by atoms with Gasteiger partial charge in [-0.25, -0.2) is 8.78 Å². The molecule has 1 fully saturated rings. The highest BCUT2D eigenvalue weighted by Crippen LogP contribution is 2.21. The highest BCUT2D eigenvalue weighted by molar-refractivity contribution is 9.10. The highest BCUT2D eigenvalue weighted by Gasteiger charge is 2.19. The van der Waals surface area contributed by atoms with Gasteiger partial charge in [0.05, 0.1) is 10.9 Å². The molecule has 0 spiro atoms. The third-order valence-corrected chi connectivity index (χ3v) is 3.75. The molecule has 1 aliphatic heterocycles. The number of rotatable bonds is 2. The molecule has 1 amide bonds. The molecule has 18 heavy (non-hydrogen) atoms. The van der Waals surface area contributed by atoms with Gasteiger partial charge in [-0.3, -0.25) is 4.79 Å². The summed E-state index contributed by atoms with van der Waals surface area (Å²) in [5.74, 6) is -1.22. The summed E-state index contributed by atoms with van der Waals surface area (Å²) < 4.78 is 27.0. The number of piperidine rings is 1. The first-order valence-corrected chi connectivity index (χ1v) is 6.78. The van der Waals surface area contributed by atoms with E-state index in [-0.39, 0.29) is 22.4 Å². The van der Waals surface area contributed by atoms with Crippen molar-refractivity contribution in [3.63, 3.8) is 0 Å². The Morgan fingerprint density at radius 1 is 1.17 bits per heavy atom. The first-order valence-electron chi connectivity index (χ1n) is 5.99. The Hall–Kier alpha value is -0.970. The second-order valence-corrected chi connectivity index (χ2v) is 5.33. The summed E-state index contributed by atoms with van der Waals surface area (Å²) in [6.07, 6.45) is 3.03. The molecule has 5 heteroatoms. The van der Waals surface area contributed by atoms with E-state index in [1.165, 1.54) is 0 Å². The summed E-state index contributed by atoms with van der Waals surface area (Å²) in [7, 11) is 0. The second kappa shape index (κ2) is 5.78. The van der Waals surface area contributed by atoms with Crippen molar-refractivity contribution in [3.05, 3.63) is 33.8 Å². The number of hydrogen-bond donors (Lipinski definition) is 0. The van der Waals surface area contributed by atoms with Crippen molar-refractivity contribution in [2.75, 3.05) is 13.1 Å². The Kier molecular flexibility index (Phi) is 4.32. The fraction of sp³-hybridized carbons (Fsp3) is 0.462. The van der Waals surface area contributed by atoms with Crippen LogP contribution in [-0.2, 0) is 11.2 Å². The van der Waals surface area contributed by atoms with Gasteiger partial charge < -0.3 is 4.90 Å². The van der Waals surface area contributed by atoms with Crippen molar-refractivity contribution in [1.29, 1.82) is 0 Å². The van der Waals surface area contributed by atoms with Crippen LogP contribution < -0.4 is 0 Å². The van der Waals surface area contributed by atoms with Gasteiger partial charge in [-0.2, -0.15) is 0 Å². The lowest BCUT2D eigenvalue weighted by molar-refractivity contribution is -0.131. The van der Waals surface area contributed by atoms with E-state index in [1.807, 2.05) is 0 Å². The summed E-state index contributed by atoms with van der Waals surface area (Å²) in [6, 6.07) is 2.15. The Morgan fingerprint density at radius 2 is 1.83 bits per heavy atom. The van der Waals surface area contributed by atoms with Crippen molar-refractivity contribution >= 4 is 21.8 Å². The number of halogens is 3. The van der Waals surface area contributed by atoms with Crippen molar-refractivity contribution < 1.29 is 13.6 Å². The lowest BCUT2D eigenvalue weighted by atomic mass is 10.1. The van der Waals surface area contributed by atoms with E-state index in [1.54, 1.807) is 4.90 Å². The number of nitrogens with zero attached hydrogens (tertiary/aromatic N) is 1. The van der Waals surface area contributed by atoms with E-state index in [0.29, 0.717) is 0 Å². The topological polar surface area (TPSA) is 20.3 Å². The standard InChI is InChI=1S/C13H14BrF2NO/c14-10-8-11(15)9(6-12(10)16)7-13(18)17-4-2-1-3-5-17/h6,8H,1-5,7H2. The first kappa shape index (κ1) is 13.5. The third kappa shape index (κ3) is 3.07. The number of carbonyl (C=O) groups is 1. The lowest BCUT2D eigenvalue weighted by Crippen LogP contribution is -2.36. The normalized spacial score (nSPS) is 15.8. The molecular formula is C13H14BrF2NO. The molecule has 2 nitrogen and oxygen atoms in total. The van der Waals surface area contributed by atoms with E-state index >= 15 is 0 Å². The van der Waals surface area contributed by atoms with Crippen LogP contribution in [0.2, 0.25) is 0 Å². The molecule has 1 aromatic carbocycles. The smallest absolute Gasteiger partial charge is 0.227 e. The van der Waals surface area contributed by atoms with Crippen LogP contribution in [0.15, 0.2) is 16.6 Å². The summed E-state index contributed by atoms with van der Waals surface area (Å²) in [6.45, 7) is 1.44. The summed E-state index contributed by atoms with van der Waals surface area (Å²) in [5, 5.41) is 0. The predicted molar refractivity (Wildman–Crippen MR) is 68.2 cm³/mol. The molecule has 1 saturated heterocycles. The average Bonchev–Trinajstić information content (AvgIpc) is 2.37. The molecule has 0 aromatic heterocycles. The van der Waals surface area contributed by atoms with Crippen LogP contribution in [0.5, 0.6) is 0 Å². The van der Waals surface area contributed by atoms with Crippen LogP contribution in [0.25, 0.3) is 0 Å². The number of amides is 1. The fourth-order valence-electron chi connectivity index (χ4n) is 2.12. The van der Waals surface area contributed by atoms with Gasteiger partial charge in [0.2, 0.25) is 5.91 Å². The van der Waals surface area contributed by atoms with E-state index in [0.717, 1.165) is 44.5 Å². The quantitative estimate of drug-likeness (QED) is 0.766. The van der Waals surface area contributed by atoms with Crippen molar-refractivity contribution in [1.82, 2.24) is 4.90 Å². The maximum absolute atomic E-state index is 13.6. The van der Waals surface area contributed by atoms with Gasteiger partial charge in [0.25, 0.3) is 0 Å². The molecule has 1 aromatic rings.